The van der Waals surface area contributed by atoms with E-state index in [1.165, 1.54) is 6.42 Å². The number of aliphatic hydroxyl groups is 1. The molecule has 0 radical (unpaired) electrons. The van der Waals surface area contributed by atoms with Crippen molar-refractivity contribution in [3.05, 3.63) is 0 Å². The minimum absolute atomic E-state index is 0.539. The lowest BCUT2D eigenvalue weighted by Gasteiger charge is -2.41. The lowest BCUT2D eigenvalue weighted by Crippen LogP contribution is -2.42. The molecule has 0 unspecified atom stereocenters. The van der Waals surface area contributed by atoms with Crippen LogP contribution < -0.4 is 0 Å². The fourth-order valence-electron chi connectivity index (χ4n) is 2.66. The van der Waals surface area contributed by atoms with Crippen molar-refractivity contribution in [1.82, 2.24) is 0 Å². The minimum atomic E-state index is -0.539. The van der Waals surface area contributed by atoms with Crippen molar-refractivity contribution in [2.24, 2.45) is 11.1 Å². The third-order valence-corrected chi connectivity index (χ3v) is 3.12. The lowest BCUT2D eigenvalue weighted by molar-refractivity contribution is -0.0189. The van der Waals surface area contributed by atoms with Gasteiger partial charge in [-0.3, -0.25) is 0 Å². The van der Waals surface area contributed by atoms with E-state index < -0.39 is 5.60 Å². The van der Waals surface area contributed by atoms with Crippen molar-refractivity contribution in [3.8, 4) is 0 Å². The molecule has 0 spiro atoms. The summed E-state index contributed by atoms with van der Waals surface area (Å²) >= 11 is 0. The van der Waals surface area contributed by atoms with E-state index in [4.69, 9.17) is 5.21 Å². The van der Waals surface area contributed by atoms with Gasteiger partial charge in [-0.1, -0.05) is 11.6 Å². The quantitative estimate of drug-likeness (QED) is 0.427. The van der Waals surface area contributed by atoms with Crippen LogP contribution in [0.2, 0.25) is 0 Å². The molecule has 12 heavy (non-hydrogen) atoms. The molecule has 68 valence electrons. The van der Waals surface area contributed by atoms with Gasteiger partial charge in [-0.2, -0.15) is 0 Å². The van der Waals surface area contributed by atoms with Crippen LogP contribution in [0.4, 0.5) is 0 Å². The van der Waals surface area contributed by atoms with Crippen LogP contribution in [0.3, 0.4) is 0 Å². The Hall–Kier alpha value is -0.570. The molecule has 0 heterocycles. The number of rotatable bonds is 0. The van der Waals surface area contributed by atoms with Crippen molar-refractivity contribution in [2.45, 2.75) is 44.1 Å². The Morgan fingerprint density at radius 2 is 2.33 bits per heavy atom. The van der Waals surface area contributed by atoms with E-state index in [2.05, 4.69) is 5.16 Å². The van der Waals surface area contributed by atoms with Gasteiger partial charge in [-0.25, -0.2) is 0 Å². The largest absolute Gasteiger partial charge is 0.411 e. The molecule has 2 saturated carbocycles. The molecule has 2 aliphatic carbocycles. The molecule has 2 fully saturated rings. The normalized spacial score (nSPS) is 44.8. The number of nitrogens with zero attached hydrogens (tertiary/aromatic N) is 1. The second kappa shape index (κ2) is 2.73. The van der Waals surface area contributed by atoms with Gasteiger partial charge in [0.15, 0.2) is 0 Å². The summed E-state index contributed by atoms with van der Waals surface area (Å²) in [5, 5.41) is 21.9. The van der Waals surface area contributed by atoms with Crippen LogP contribution in [0.15, 0.2) is 5.16 Å². The first-order valence-corrected chi connectivity index (χ1v) is 4.64. The summed E-state index contributed by atoms with van der Waals surface area (Å²) in [5.74, 6) is 0.559. The first kappa shape index (κ1) is 8.05. The van der Waals surface area contributed by atoms with E-state index in [1.54, 1.807) is 0 Å². The molecule has 2 rings (SSSR count). The second-order valence-electron chi connectivity index (χ2n) is 4.23. The van der Waals surface area contributed by atoms with Crippen LogP contribution >= 0.6 is 0 Å². The summed E-state index contributed by atoms with van der Waals surface area (Å²) in [4.78, 5) is 0. The van der Waals surface area contributed by atoms with Crippen molar-refractivity contribution in [3.63, 3.8) is 0 Å². The predicted molar refractivity (Wildman–Crippen MR) is 45.4 cm³/mol. The molecule has 2 N–H and O–H groups in total. The summed E-state index contributed by atoms with van der Waals surface area (Å²) in [5.41, 5.74) is 0.247. The van der Waals surface area contributed by atoms with E-state index in [9.17, 15) is 5.11 Å². The Morgan fingerprint density at radius 3 is 3.00 bits per heavy atom. The third kappa shape index (κ3) is 1.33. The summed E-state index contributed by atoms with van der Waals surface area (Å²) in [6, 6.07) is 0. The molecule has 0 aromatic rings. The zero-order valence-electron chi connectivity index (χ0n) is 7.16. The number of oxime groups is 1. The van der Waals surface area contributed by atoms with Gasteiger partial charge in [0.05, 0.1) is 11.3 Å². The average Bonchev–Trinajstić information content (AvgIpc) is 2.02. The molecule has 2 atom stereocenters. The monoisotopic (exact) mass is 169 g/mol. The lowest BCUT2D eigenvalue weighted by atomic mass is 9.68. The zero-order valence-corrected chi connectivity index (χ0v) is 7.16. The predicted octanol–water partition coefficient (Wildman–Crippen LogP) is 1.53. The van der Waals surface area contributed by atoms with E-state index in [-0.39, 0.29) is 0 Å². The van der Waals surface area contributed by atoms with Gasteiger partial charge >= 0.3 is 0 Å². The smallest absolute Gasteiger partial charge is 0.0703 e. The van der Waals surface area contributed by atoms with Crippen molar-refractivity contribution < 1.29 is 10.3 Å². The van der Waals surface area contributed by atoms with Gasteiger partial charge < -0.3 is 10.3 Å². The Morgan fingerprint density at radius 1 is 1.50 bits per heavy atom. The number of hydrogen-bond donors (Lipinski definition) is 2. The summed E-state index contributed by atoms with van der Waals surface area (Å²) < 4.78 is 0. The Kier molecular flexibility index (Phi) is 1.83. The maximum atomic E-state index is 10.0. The molecule has 0 saturated heterocycles. The topological polar surface area (TPSA) is 52.8 Å². The van der Waals surface area contributed by atoms with Gasteiger partial charge in [0.2, 0.25) is 0 Å². The van der Waals surface area contributed by atoms with Gasteiger partial charge in [0.25, 0.3) is 0 Å². The van der Waals surface area contributed by atoms with Crippen LogP contribution in [0.25, 0.3) is 0 Å². The maximum absolute atomic E-state index is 10.0. The Labute approximate surface area is 72.1 Å². The maximum Gasteiger partial charge on any atom is 0.0703 e. The SMILES string of the molecule is O/N=C1\C[C@@H]2CCC[C@@](O)(C1)C2. The second-order valence-corrected chi connectivity index (χ2v) is 4.23. The van der Waals surface area contributed by atoms with E-state index in [1.807, 2.05) is 0 Å². The van der Waals surface area contributed by atoms with E-state index >= 15 is 0 Å². The molecule has 3 nitrogen and oxygen atoms in total. The molecule has 2 bridgehead atoms. The van der Waals surface area contributed by atoms with Gasteiger partial charge in [0.1, 0.15) is 0 Å². The van der Waals surface area contributed by atoms with Crippen LogP contribution in [0.5, 0.6) is 0 Å². The van der Waals surface area contributed by atoms with E-state index in [0.717, 1.165) is 31.4 Å². The molecule has 0 amide bonds. The molecule has 2 aliphatic rings. The number of fused-ring (bicyclic) bond motifs is 2. The van der Waals surface area contributed by atoms with Crippen LogP contribution in [0, 0.1) is 5.92 Å². The molecular weight excluding hydrogens is 154 g/mol. The minimum Gasteiger partial charge on any atom is -0.411 e. The van der Waals surface area contributed by atoms with Gasteiger partial charge in [-0.15, -0.1) is 0 Å². The molecular formula is C9H15NO2. The summed E-state index contributed by atoms with van der Waals surface area (Å²) in [6.07, 6.45) is 5.56. The van der Waals surface area contributed by atoms with E-state index in [0.29, 0.717) is 12.3 Å². The summed E-state index contributed by atoms with van der Waals surface area (Å²) in [6.45, 7) is 0. The van der Waals surface area contributed by atoms with Gasteiger partial charge in [0, 0.05) is 6.42 Å². The van der Waals surface area contributed by atoms with Crippen LogP contribution in [-0.2, 0) is 0 Å². The highest BCUT2D eigenvalue weighted by atomic mass is 16.4. The van der Waals surface area contributed by atoms with Crippen molar-refractivity contribution in [1.29, 1.82) is 0 Å². The summed E-state index contributed by atoms with van der Waals surface area (Å²) in [7, 11) is 0. The zero-order chi connectivity index (χ0) is 8.60. The average molecular weight is 169 g/mol. The highest BCUT2D eigenvalue weighted by molar-refractivity contribution is 5.86. The molecule has 0 aromatic heterocycles. The highest BCUT2D eigenvalue weighted by Gasteiger charge is 2.40. The standard InChI is InChI=1S/C9H15NO2/c11-9-3-1-2-7(5-9)4-8(6-9)10-12/h7,11-12H,1-6H2/b10-8+/t7-,9-/m0/s1. The molecule has 3 heteroatoms. The first-order chi connectivity index (χ1) is 5.72. The van der Waals surface area contributed by atoms with Crippen molar-refractivity contribution >= 4 is 5.71 Å². The van der Waals surface area contributed by atoms with Gasteiger partial charge in [-0.05, 0) is 31.6 Å². The fourth-order valence-corrected chi connectivity index (χ4v) is 2.66. The molecule has 0 aromatic carbocycles. The number of hydrogen-bond acceptors (Lipinski definition) is 3. The van der Waals surface area contributed by atoms with Crippen molar-refractivity contribution in [2.75, 3.05) is 0 Å². The van der Waals surface area contributed by atoms with Crippen LogP contribution in [-0.4, -0.2) is 21.6 Å². The fraction of sp³-hybridized carbons (Fsp3) is 0.889. The Balaban J connectivity index is 2.15. The highest BCUT2D eigenvalue weighted by Crippen LogP contribution is 2.41. The molecule has 0 aliphatic heterocycles. The Bertz CT molecular complexity index is 215. The first-order valence-electron chi connectivity index (χ1n) is 4.64. The van der Waals surface area contributed by atoms with Crippen LogP contribution in [0.1, 0.15) is 38.5 Å². The third-order valence-electron chi connectivity index (χ3n) is 3.12.